The molecule has 0 radical (unpaired) electrons. The lowest BCUT2D eigenvalue weighted by atomic mass is 10.3. The van der Waals surface area contributed by atoms with E-state index in [4.69, 9.17) is 4.74 Å². The third-order valence-electron chi connectivity index (χ3n) is 4.14. The first-order valence-corrected chi connectivity index (χ1v) is 10.6. The number of benzene rings is 1. The number of anilines is 1. The van der Waals surface area contributed by atoms with Crippen molar-refractivity contribution in [3.05, 3.63) is 60.0 Å². The molecule has 148 valence electrons. The van der Waals surface area contributed by atoms with E-state index in [-0.39, 0.29) is 4.90 Å². The summed E-state index contributed by atoms with van der Waals surface area (Å²) >= 11 is 0. The van der Waals surface area contributed by atoms with E-state index in [2.05, 4.69) is 21.7 Å². The monoisotopic (exact) mass is 400 g/mol. The molecule has 3 aromatic rings. The van der Waals surface area contributed by atoms with Gasteiger partial charge >= 0.3 is 0 Å². The number of unbranched alkanes of at least 4 members (excludes halogenated alkanes) is 1. The molecular formula is C20H24N4O3S. The topological polar surface area (TPSA) is 86.1 Å². The van der Waals surface area contributed by atoms with Gasteiger partial charge in [0.1, 0.15) is 5.75 Å². The maximum atomic E-state index is 12.8. The van der Waals surface area contributed by atoms with Crippen molar-refractivity contribution in [3.63, 3.8) is 0 Å². The third-order valence-corrected chi connectivity index (χ3v) is 5.52. The summed E-state index contributed by atoms with van der Waals surface area (Å²) in [5.41, 5.74) is 2.05. The summed E-state index contributed by atoms with van der Waals surface area (Å²) in [5, 5.41) is 4.39. The molecular weight excluding hydrogens is 376 g/mol. The molecule has 0 atom stereocenters. The van der Waals surface area contributed by atoms with E-state index in [0.717, 1.165) is 24.2 Å². The van der Waals surface area contributed by atoms with Crippen molar-refractivity contribution in [2.45, 2.75) is 38.5 Å². The van der Waals surface area contributed by atoms with Crippen LogP contribution in [0.25, 0.3) is 5.82 Å². The number of aryl methyl sites for hydroxylation is 2. The molecule has 0 aliphatic heterocycles. The van der Waals surface area contributed by atoms with Crippen molar-refractivity contribution in [2.75, 3.05) is 11.3 Å². The van der Waals surface area contributed by atoms with Crippen molar-refractivity contribution in [1.82, 2.24) is 14.8 Å². The van der Waals surface area contributed by atoms with Crippen LogP contribution in [0.1, 0.15) is 31.2 Å². The SMILES string of the molecule is CCCCOc1ccc(S(=O)(=O)Nc2cccnc2-n2nc(C)cc2C)cc1. The van der Waals surface area contributed by atoms with Gasteiger partial charge in [-0.3, -0.25) is 4.72 Å². The summed E-state index contributed by atoms with van der Waals surface area (Å²) < 4.78 is 35.5. The number of ether oxygens (including phenoxy) is 1. The summed E-state index contributed by atoms with van der Waals surface area (Å²) in [6, 6.07) is 11.6. The smallest absolute Gasteiger partial charge is 0.262 e. The summed E-state index contributed by atoms with van der Waals surface area (Å²) in [6.07, 6.45) is 3.60. The summed E-state index contributed by atoms with van der Waals surface area (Å²) in [4.78, 5) is 4.46. The zero-order valence-electron chi connectivity index (χ0n) is 16.2. The lowest BCUT2D eigenvalue weighted by Crippen LogP contribution is -2.16. The second kappa shape index (κ2) is 8.43. The number of aromatic nitrogens is 3. The second-order valence-corrected chi connectivity index (χ2v) is 8.17. The van der Waals surface area contributed by atoms with Crippen LogP contribution in [0.15, 0.2) is 53.6 Å². The van der Waals surface area contributed by atoms with Crippen molar-refractivity contribution in [1.29, 1.82) is 0 Å². The average molecular weight is 401 g/mol. The predicted molar refractivity (Wildman–Crippen MR) is 108 cm³/mol. The first-order chi connectivity index (χ1) is 13.4. The quantitative estimate of drug-likeness (QED) is 0.580. The number of sulfonamides is 1. The molecule has 0 bridgehead atoms. The van der Waals surface area contributed by atoms with Crippen LogP contribution >= 0.6 is 0 Å². The minimum absolute atomic E-state index is 0.151. The highest BCUT2D eigenvalue weighted by Gasteiger charge is 2.18. The number of rotatable bonds is 8. The molecule has 7 nitrogen and oxygen atoms in total. The Bertz CT molecular complexity index is 1040. The second-order valence-electron chi connectivity index (χ2n) is 6.49. The highest BCUT2D eigenvalue weighted by atomic mass is 32.2. The van der Waals surface area contributed by atoms with E-state index >= 15 is 0 Å². The number of nitrogens with one attached hydrogen (secondary N) is 1. The Kier molecular flexibility index (Phi) is 5.99. The molecule has 0 fully saturated rings. The van der Waals surface area contributed by atoms with E-state index < -0.39 is 10.0 Å². The van der Waals surface area contributed by atoms with Crippen molar-refractivity contribution < 1.29 is 13.2 Å². The third kappa shape index (κ3) is 4.51. The van der Waals surface area contributed by atoms with Gasteiger partial charge in [-0.2, -0.15) is 5.10 Å². The molecule has 0 unspecified atom stereocenters. The van der Waals surface area contributed by atoms with E-state index in [1.54, 1.807) is 35.1 Å². The zero-order valence-corrected chi connectivity index (χ0v) is 17.0. The molecule has 1 N–H and O–H groups in total. The molecule has 3 rings (SSSR count). The molecule has 0 spiro atoms. The molecule has 0 aliphatic rings. The molecule has 0 aliphatic carbocycles. The van der Waals surface area contributed by atoms with Gasteiger partial charge in [-0.25, -0.2) is 18.1 Å². The molecule has 0 saturated carbocycles. The molecule has 8 heteroatoms. The first-order valence-electron chi connectivity index (χ1n) is 9.15. The van der Waals surface area contributed by atoms with Crippen LogP contribution in [-0.2, 0) is 10.0 Å². The molecule has 28 heavy (non-hydrogen) atoms. The van der Waals surface area contributed by atoms with E-state index in [1.165, 1.54) is 12.1 Å². The van der Waals surface area contributed by atoms with Crippen LogP contribution in [-0.4, -0.2) is 29.8 Å². The Morgan fingerprint density at radius 3 is 2.54 bits per heavy atom. The predicted octanol–water partition coefficient (Wildman–Crippen LogP) is 3.86. The van der Waals surface area contributed by atoms with E-state index in [1.807, 2.05) is 19.9 Å². The van der Waals surface area contributed by atoms with Crippen molar-refractivity contribution in [2.24, 2.45) is 0 Å². The normalized spacial score (nSPS) is 11.4. The Labute approximate surface area is 165 Å². The fraction of sp³-hybridized carbons (Fsp3) is 0.300. The lowest BCUT2D eigenvalue weighted by molar-refractivity contribution is 0.309. The fourth-order valence-electron chi connectivity index (χ4n) is 2.74. The lowest BCUT2D eigenvalue weighted by Gasteiger charge is -2.13. The van der Waals surface area contributed by atoms with E-state index in [0.29, 0.717) is 23.9 Å². The van der Waals surface area contributed by atoms with Gasteiger partial charge in [0.2, 0.25) is 0 Å². The van der Waals surface area contributed by atoms with Crippen LogP contribution in [0.5, 0.6) is 5.75 Å². The van der Waals surface area contributed by atoms with Crippen molar-refractivity contribution in [3.8, 4) is 11.6 Å². The minimum atomic E-state index is -3.78. The van der Waals surface area contributed by atoms with Gasteiger partial charge in [-0.05, 0) is 62.7 Å². The number of nitrogens with zero attached hydrogens (tertiary/aromatic N) is 3. The molecule has 2 aromatic heterocycles. The van der Waals surface area contributed by atoms with Gasteiger partial charge in [0.25, 0.3) is 10.0 Å². The van der Waals surface area contributed by atoms with Crippen LogP contribution < -0.4 is 9.46 Å². The highest BCUT2D eigenvalue weighted by Crippen LogP contribution is 2.24. The maximum absolute atomic E-state index is 12.8. The Balaban J connectivity index is 1.84. The first kappa shape index (κ1) is 19.9. The standard InChI is InChI=1S/C20H24N4O3S/c1-4-5-13-27-17-8-10-18(11-9-17)28(25,26)23-19-7-6-12-21-20(19)24-16(3)14-15(2)22-24/h6-12,14,23H,4-5,13H2,1-3H3. The minimum Gasteiger partial charge on any atom is -0.494 e. The number of hydrogen-bond donors (Lipinski definition) is 1. The molecule has 0 amide bonds. The van der Waals surface area contributed by atoms with Crippen LogP contribution in [0.3, 0.4) is 0 Å². The van der Waals surface area contributed by atoms with Crippen LogP contribution in [0.2, 0.25) is 0 Å². The van der Waals surface area contributed by atoms with Gasteiger partial charge in [-0.1, -0.05) is 13.3 Å². The van der Waals surface area contributed by atoms with Gasteiger partial charge in [0.15, 0.2) is 5.82 Å². The Morgan fingerprint density at radius 2 is 1.89 bits per heavy atom. The number of pyridine rings is 1. The highest BCUT2D eigenvalue weighted by molar-refractivity contribution is 7.92. The summed E-state index contributed by atoms with van der Waals surface area (Å²) in [5.74, 6) is 1.08. The van der Waals surface area contributed by atoms with Crippen LogP contribution in [0, 0.1) is 13.8 Å². The van der Waals surface area contributed by atoms with Crippen LogP contribution in [0.4, 0.5) is 5.69 Å². The van der Waals surface area contributed by atoms with Crippen molar-refractivity contribution >= 4 is 15.7 Å². The average Bonchev–Trinajstić information content (AvgIpc) is 3.00. The Morgan fingerprint density at radius 1 is 1.14 bits per heavy atom. The molecule has 0 saturated heterocycles. The maximum Gasteiger partial charge on any atom is 0.262 e. The van der Waals surface area contributed by atoms with Gasteiger partial charge in [0, 0.05) is 11.9 Å². The van der Waals surface area contributed by atoms with E-state index in [9.17, 15) is 8.42 Å². The molecule has 1 aromatic carbocycles. The largest absolute Gasteiger partial charge is 0.494 e. The summed E-state index contributed by atoms with van der Waals surface area (Å²) in [6.45, 7) is 6.47. The fourth-order valence-corrected chi connectivity index (χ4v) is 3.80. The van der Waals surface area contributed by atoms with Gasteiger partial charge in [-0.15, -0.1) is 0 Å². The Hall–Kier alpha value is -2.87. The number of hydrogen-bond acceptors (Lipinski definition) is 5. The zero-order chi connectivity index (χ0) is 20.1. The molecule has 2 heterocycles. The van der Waals surface area contributed by atoms with Gasteiger partial charge in [0.05, 0.1) is 22.9 Å². The summed E-state index contributed by atoms with van der Waals surface area (Å²) in [7, 11) is -3.78. The van der Waals surface area contributed by atoms with Gasteiger partial charge < -0.3 is 4.74 Å².